The average Bonchev–Trinajstić information content (AvgIpc) is 2.92. The van der Waals surface area contributed by atoms with Crippen LogP contribution in [0.3, 0.4) is 0 Å². The summed E-state index contributed by atoms with van der Waals surface area (Å²) in [6, 6.07) is 1.92. The van der Waals surface area contributed by atoms with Crippen LogP contribution in [0.1, 0.15) is 10.4 Å². The predicted molar refractivity (Wildman–Crippen MR) is 67.3 cm³/mol. The fourth-order valence-corrected chi connectivity index (χ4v) is 3.22. The van der Waals surface area contributed by atoms with E-state index in [9.17, 15) is 4.79 Å². The molecule has 1 amide bonds. The number of amides is 1. The van der Waals surface area contributed by atoms with Gasteiger partial charge in [-0.3, -0.25) is 4.79 Å². The Labute approximate surface area is 105 Å². The van der Waals surface area contributed by atoms with Gasteiger partial charge in [0, 0.05) is 31.6 Å². The van der Waals surface area contributed by atoms with Gasteiger partial charge in [0.05, 0.1) is 5.56 Å². The van der Waals surface area contributed by atoms with Gasteiger partial charge in [-0.15, -0.1) is 12.4 Å². The van der Waals surface area contributed by atoms with Gasteiger partial charge in [-0.05, 0) is 23.3 Å². The Bertz CT molecular complexity index is 356. The van der Waals surface area contributed by atoms with E-state index in [0.29, 0.717) is 11.8 Å². The van der Waals surface area contributed by atoms with Crippen molar-refractivity contribution < 1.29 is 4.79 Å². The van der Waals surface area contributed by atoms with Gasteiger partial charge in [0.15, 0.2) is 0 Å². The minimum absolute atomic E-state index is 0. The van der Waals surface area contributed by atoms with E-state index in [0.717, 1.165) is 31.7 Å². The molecule has 2 aliphatic rings. The zero-order valence-corrected chi connectivity index (χ0v) is 10.5. The van der Waals surface area contributed by atoms with Crippen LogP contribution in [0, 0.1) is 11.8 Å². The number of likely N-dealkylation sites (tertiary alicyclic amines) is 1. The molecule has 3 heterocycles. The van der Waals surface area contributed by atoms with Crippen LogP contribution >= 0.6 is 23.7 Å². The third-order valence-corrected chi connectivity index (χ3v) is 4.13. The lowest BCUT2D eigenvalue weighted by atomic mass is 10.0. The summed E-state index contributed by atoms with van der Waals surface area (Å²) in [5, 5.41) is 7.29. The first kappa shape index (κ1) is 11.9. The Kier molecular flexibility index (Phi) is 3.52. The average molecular weight is 259 g/mol. The number of hydrogen-bond acceptors (Lipinski definition) is 3. The van der Waals surface area contributed by atoms with E-state index in [1.807, 2.05) is 21.7 Å². The molecule has 2 saturated heterocycles. The molecule has 1 N–H and O–H groups in total. The van der Waals surface area contributed by atoms with Crippen LogP contribution in [-0.2, 0) is 0 Å². The van der Waals surface area contributed by atoms with E-state index in [-0.39, 0.29) is 18.3 Å². The van der Waals surface area contributed by atoms with Crippen molar-refractivity contribution in [2.75, 3.05) is 26.2 Å². The maximum atomic E-state index is 12.1. The topological polar surface area (TPSA) is 32.3 Å². The number of nitrogens with zero attached hydrogens (tertiary/aromatic N) is 1. The van der Waals surface area contributed by atoms with Crippen LogP contribution < -0.4 is 5.32 Å². The van der Waals surface area contributed by atoms with E-state index < -0.39 is 0 Å². The van der Waals surface area contributed by atoms with Gasteiger partial charge in [-0.1, -0.05) is 0 Å². The predicted octanol–water partition coefficient (Wildman–Crippen LogP) is 1.46. The molecule has 1 aromatic heterocycles. The number of halogens is 1. The van der Waals surface area contributed by atoms with Crippen molar-refractivity contribution in [1.29, 1.82) is 0 Å². The summed E-state index contributed by atoms with van der Waals surface area (Å²) in [5.41, 5.74) is 0.855. The van der Waals surface area contributed by atoms with E-state index in [1.54, 1.807) is 11.3 Å². The van der Waals surface area contributed by atoms with Gasteiger partial charge < -0.3 is 10.2 Å². The molecular weight excluding hydrogens is 244 g/mol. The largest absolute Gasteiger partial charge is 0.338 e. The number of thiophene rings is 1. The smallest absolute Gasteiger partial charge is 0.254 e. The fraction of sp³-hybridized carbons (Fsp3) is 0.545. The van der Waals surface area contributed by atoms with Crippen molar-refractivity contribution in [2.24, 2.45) is 11.8 Å². The van der Waals surface area contributed by atoms with Crippen LogP contribution in [0.5, 0.6) is 0 Å². The quantitative estimate of drug-likeness (QED) is 0.827. The highest BCUT2D eigenvalue weighted by molar-refractivity contribution is 7.08. The Morgan fingerprint density at radius 2 is 2.06 bits per heavy atom. The van der Waals surface area contributed by atoms with Crippen molar-refractivity contribution in [3.05, 3.63) is 22.4 Å². The van der Waals surface area contributed by atoms with Crippen LogP contribution in [-0.4, -0.2) is 37.0 Å². The molecule has 2 atom stereocenters. The second kappa shape index (κ2) is 4.73. The Morgan fingerprint density at radius 3 is 2.62 bits per heavy atom. The maximum Gasteiger partial charge on any atom is 0.254 e. The summed E-state index contributed by atoms with van der Waals surface area (Å²) in [7, 11) is 0. The van der Waals surface area contributed by atoms with Crippen molar-refractivity contribution in [3.63, 3.8) is 0 Å². The van der Waals surface area contributed by atoms with E-state index >= 15 is 0 Å². The van der Waals surface area contributed by atoms with Gasteiger partial charge in [0.2, 0.25) is 0 Å². The normalized spacial score (nSPS) is 27.6. The molecule has 0 saturated carbocycles. The zero-order valence-electron chi connectivity index (χ0n) is 8.89. The molecule has 5 heteroatoms. The minimum Gasteiger partial charge on any atom is -0.338 e. The number of hydrogen-bond donors (Lipinski definition) is 1. The van der Waals surface area contributed by atoms with Gasteiger partial charge >= 0.3 is 0 Å². The molecule has 0 aliphatic carbocycles. The SMILES string of the molecule is Cl.O=C(c1ccsc1)N1C[C@H]2CNC[C@H]2C1. The van der Waals surface area contributed by atoms with Gasteiger partial charge in [0.25, 0.3) is 5.91 Å². The molecule has 0 spiro atoms. The number of carbonyl (C=O) groups is 1. The summed E-state index contributed by atoms with van der Waals surface area (Å²) in [4.78, 5) is 14.1. The molecule has 88 valence electrons. The maximum absolute atomic E-state index is 12.1. The Morgan fingerprint density at radius 1 is 1.38 bits per heavy atom. The molecule has 3 rings (SSSR count). The molecule has 2 aliphatic heterocycles. The lowest BCUT2D eigenvalue weighted by molar-refractivity contribution is 0.0782. The highest BCUT2D eigenvalue weighted by atomic mass is 35.5. The van der Waals surface area contributed by atoms with Gasteiger partial charge in [0.1, 0.15) is 0 Å². The first-order chi connectivity index (χ1) is 7.34. The minimum atomic E-state index is 0. The first-order valence-electron chi connectivity index (χ1n) is 5.37. The molecule has 1 aromatic rings. The molecule has 2 fully saturated rings. The lowest BCUT2D eigenvalue weighted by Crippen LogP contribution is -2.31. The third kappa shape index (κ3) is 1.97. The molecule has 0 radical (unpaired) electrons. The fourth-order valence-electron chi connectivity index (χ4n) is 2.59. The first-order valence-corrected chi connectivity index (χ1v) is 6.31. The standard InChI is InChI=1S/C11H14N2OS.ClH/c14-11(8-1-2-15-7-8)13-5-9-3-12-4-10(9)6-13;/h1-2,7,9-10,12H,3-6H2;1H/t9-,10+;. The monoisotopic (exact) mass is 258 g/mol. The third-order valence-electron chi connectivity index (χ3n) is 3.44. The zero-order chi connectivity index (χ0) is 10.3. The Balaban J connectivity index is 0.000000963. The highest BCUT2D eigenvalue weighted by Crippen LogP contribution is 2.27. The summed E-state index contributed by atoms with van der Waals surface area (Å²) in [6.45, 7) is 4.04. The van der Waals surface area contributed by atoms with Crippen molar-refractivity contribution in [2.45, 2.75) is 0 Å². The van der Waals surface area contributed by atoms with Gasteiger partial charge in [-0.2, -0.15) is 11.3 Å². The van der Waals surface area contributed by atoms with Crippen LogP contribution in [0.15, 0.2) is 16.8 Å². The molecule has 0 unspecified atom stereocenters. The van der Waals surface area contributed by atoms with Crippen molar-refractivity contribution >= 4 is 29.7 Å². The van der Waals surface area contributed by atoms with Crippen LogP contribution in [0.2, 0.25) is 0 Å². The summed E-state index contributed by atoms with van der Waals surface area (Å²) >= 11 is 1.59. The number of nitrogens with one attached hydrogen (secondary N) is 1. The lowest BCUT2D eigenvalue weighted by Gasteiger charge is -2.16. The second-order valence-corrected chi connectivity index (χ2v) is 5.18. The highest BCUT2D eigenvalue weighted by Gasteiger charge is 2.38. The van der Waals surface area contributed by atoms with E-state index in [1.165, 1.54) is 0 Å². The number of rotatable bonds is 1. The van der Waals surface area contributed by atoms with E-state index in [2.05, 4.69) is 5.32 Å². The van der Waals surface area contributed by atoms with Crippen molar-refractivity contribution in [1.82, 2.24) is 10.2 Å². The summed E-state index contributed by atoms with van der Waals surface area (Å²) in [5.74, 6) is 1.59. The van der Waals surface area contributed by atoms with Crippen molar-refractivity contribution in [3.8, 4) is 0 Å². The number of carbonyl (C=O) groups excluding carboxylic acids is 1. The molecule has 0 bridgehead atoms. The summed E-state index contributed by atoms with van der Waals surface area (Å²) < 4.78 is 0. The second-order valence-electron chi connectivity index (χ2n) is 4.40. The van der Waals surface area contributed by atoms with Crippen LogP contribution in [0.25, 0.3) is 0 Å². The van der Waals surface area contributed by atoms with Crippen LogP contribution in [0.4, 0.5) is 0 Å². The summed E-state index contributed by atoms with van der Waals surface area (Å²) in [6.07, 6.45) is 0. The molecular formula is C11H15ClN2OS. The molecule has 3 nitrogen and oxygen atoms in total. The number of fused-ring (bicyclic) bond motifs is 1. The molecule has 16 heavy (non-hydrogen) atoms. The van der Waals surface area contributed by atoms with E-state index in [4.69, 9.17) is 0 Å². The molecule has 0 aromatic carbocycles. The van der Waals surface area contributed by atoms with Gasteiger partial charge in [-0.25, -0.2) is 0 Å². The Hall–Kier alpha value is -0.580.